The Balaban J connectivity index is 0.000000227. The Labute approximate surface area is 691 Å². The summed E-state index contributed by atoms with van der Waals surface area (Å²) in [5, 5.41) is 3.22. The average Bonchev–Trinajstić information content (AvgIpc) is 1.58. The lowest BCUT2D eigenvalue weighted by Crippen LogP contribution is -2.61. The molecule has 5 aliphatic carbocycles. The van der Waals surface area contributed by atoms with E-state index in [1.807, 2.05) is 90.1 Å². The summed E-state index contributed by atoms with van der Waals surface area (Å²) in [6, 6.07) is 6.75. The highest BCUT2D eigenvalue weighted by Crippen LogP contribution is 2.59. The largest absolute Gasteiger partial charge is 0.496 e. The number of fused-ring (bicyclic) bond motifs is 6. The Morgan fingerprint density at radius 2 is 1.02 bits per heavy atom. The number of benzene rings is 2. The van der Waals surface area contributed by atoms with Gasteiger partial charge in [0.25, 0.3) is 0 Å². The number of rotatable bonds is 19. The van der Waals surface area contributed by atoms with Gasteiger partial charge in [0, 0.05) is 78.2 Å². The maximum atomic E-state index is 14.7. The van der Waals surface area contributed by atoms with Gasteiger partial charge in [-0.1, -0.05) is 99.0 Å². The van der Waals surface area contributed by atoms with Crippen molar-refractivity contribution in [1.82, 2.24) is 39.4 Å². The van der Waals surface area contributed by atoms with E-state index in [-0.39, 0.29) is 107 Å². The van der Waals surface area contributed by atoms with Gasteiger partial charge in [0.05, 0.1) is 90.2 Å². The molecule has 2 aromatic carbocycles. The molecule has 14 rings (SSSR count). The van der Waals surface area contributed by atoms with Crippen LogP contribution in [0.25, 0.3) is 21.8 Å². The van der Waals surface area contributed by atoms with Gasteiger partial charge in [-0.25, -0.2) is 31.6 Å². The lowest BCUT2D eigenvalue weighted by atomic mass is 9.72. The third-order valence-corrected chi connectivity index (χ3v) is 27.9. The molecule has 10 atom stereocenters. The molecule has 0 spiro atoms. The maximum Gasteiger partial charge on any atom is 0.318 e. The minimum absolute atomic E-state index is 0. The number of hydrogen-bond donors (Lipinski definition) is 3. The number of pyridine rings is 2. The third-order valence-electron chi connectivity index (χ3n) is 24.3. The molecule has 8 fully saturated rings. The van der Waals surface area contributed by atoms with Crippen molar-refractivity contribution in [1.29, 1.82) is 0 Å². The second-order valence-corrected chi connectivity index (χ2v) is 39.4. The molecule has 5 saturated carbocycles. The Bertz CT molecular complexity index is 4670. The summed E-state index contributed by atoms with van der Waals surface area (Å²) in [6.45, 7) is 21.5. The number of methoxy groups -OCH3 is 2. The van der Waals surface area contributed by atoms with Gasteiger partial charge in [-0.2, -0.15) is 0 Å². The number of Topliss-reactive ketones (excluding diaryl/α,β-unsaturated/α-hetero) is 2. The fraction of sp³-hybridized carbons (Fsp3) is 0.648. The molecule has 6 amide bonds. The van der Waals surface area contributed by atoms with E-state index >= 15 is 0 Å². The SMILES string of the molecule is C.C.CC1(C)CCC1.COc1ccc2c(O[C@@H]3C[C@H]4C(=O)C[C@]5(C(=O)NS(=O)(=O)C6CC6)C[C@H]5/C=C\CCCCC[C@H](N=CC=O)C(=O)N4C3)cc(OC(C)C)nc2c1C.COc1ccc2c(O[C@@H]3C[C@H]4C(=O)C[C@]5(C(=O)NS(=O)(=O)C6CC6)C[C@H]5/C=C\CCCCC[C@H](NC(=O)N5CC(C)(C)C5)C(=O)N4C3)cc(OC(C)C)nc2c1C. The van der Waals surface area contributed by atoms with Crippen LogP contribution < -0.4 is 43.2 Å². The van der Waals surface area contributed by atoms with Gasteiger partial charge >= 0.3 is 6.03 Å². The molecule has 10 aliphatic rings. The zero-order valence-corrected chi connectivity index (χ0v) is 70.4. The number of nitrogens with one attached hydrogen (secondary N) is 3. The predicted octanol–water partition coefficient (Wildman–Crippen LogP) is 13.1. The Morgan fingerprint density at radius 1 is 0.581 bits per heavy atom. The second-order valence-electron chi connectivity index (χ2n) is 35.5. The number of carbonyl (C=O) groups is 8. The number of carbonyl (C=O) groups excluding carboxylic acids is 8. The van der Waals surface area contributed by atoms with Crippen LogP contribution in [0.4, 0.5) is 4.79 Å². The van der Waals surface area contributed by atoms with E-state index < -0.39 is 95.5 Å². The number of aliphatic imine (C=N–C) groups is 1. The summed E-state index contributed by atoms with van der Waals surface area (Å²) < 4.78 is 92.6. The van der Waals surface area contributed by atoms with Crippen molar-refractivity contribution in [2.75, 3.05) is 40.4 Å². The van der Waals surface area contributed by atoms with Gasteiger partial charge in [-0.05, 0) is 173 Å². The van der Waals surface area contributed by atoms with Gasteiger partial charge in [0.2, 0.25) is 55.4 Å². The van der Waals surface area contributed by atoms with E-state index in [4.69, 9.17) is 38.4 Å². The monoisotopic (exact) mass is 1660 g/mol. The smallest absolute Gasteiger partial charge is 0.318 e. The molecule has 29 heteroatoms. The summed E-state index contributed by atoms with van der Waals surface area (Å²) in [6.07, 6.45) is 21.6. The first-order chi connectivity index (χ1) is 54.6. The standard InChI is InChI=1S/C42H57N5O9S.C38H48N4O9S.C6H12.2CH4/c1-25(2)55-36-19-35(30-16-17-34(54-6)26(3)37(30)44-36)56-28-18-32-33(48)21-42(39(50)45-57(52,53)29-14-15-29)20-27(42)12-10-8-7-9-11-13-31(38(49)47(32)22-28)43-40(51)46-23-41(4,5)24-46;1-23(2)50-34-19-33(28-14-15-32(49-4)24(3)35(28)40-34)51-26-18-30-31(44)21-38(37(46)41-52(47,48)27-12-13-27)20-25(38)10-8-6-5-7-9-11-29(39-16-17-43)36(45)42(30)22-26;1-6(2)4-3-5-6;;/h10,12,16-17,19,25,27-29,31-32H,7-9,11,13-15,18,20-24H2,1-6H3,(H,43,51)(H,45,50);8,10,14-17,19,23,25-27,29-30H,5-7,9,11-13,18,20-22H2,1-4H3,(H,41,46);3-5H2,1-2H3;2*1H4/b12-10-;10-8-,39-16?;;;/t27-,28-,31+,32+,42-;25-,26-,29+,30+,38-;;;/m11.../s1. The Morgan fingerprint density at radius 3 is 1.41 bits per heavy atom. The fourth-order valence-corrected chi connectivity index (χ4v) is 19.8. The number of nitrogens with zero attached hydrogens (tertiary/aromatic N) is 6. The van der Waals surface area contributed by atoms with Crippen molar-refractivity contribution in [3.8, 4) is 34.8 Å². The molecule has 3 N–H and O–H groups in total. The van der Waals surface area contributed by atoms with E-state index in [0.717, 1.165) is 61.3 Å². The lowest BCUT2D eigenvalue weighted by molar-refractivity contribution is -0.140. The number of sulfonamides is 2. The average molecular weight is 1660 g/mol. The van der Waals surface area contributed by atoms with Crippen molar-refractivity contribution >= 4 is 95.6 Å². The van der Waals surface area contributed by atoms with Gasteiger partial charge in [0.1, 0.15) is 47.3 Å². The quantitative estimate of drug-likeness (QED) is 0.0446. The summed E-state index contributed by atoms with van der Waals surface area (Å²) in [4.78, 5) is 129. The summed E-state index contributed by atoms with van der Waals surface area (Å²) >= 11 is 0. The summed E-state index contributed by atoms with van der Waals surface area (Å²) in [5.74, 6) is -0.522. The molecule has 3 saturated heterocycles. The van der Waals surface area contributed by atoms with E-state index in [1.54, 1.807) is 31.3 Å². The van der Waals surface area contributed by atoms with Crippen LogP contribution in [0.3, 0.4) is 0 Å². The molecule has 5 aliphatic heterocycles. The predicted molar refractivity (Wildman–Crippen MR) is 449 cm³/mol. The Hall–Kier alpha value is -8.73. The number of ether oxygens (including phenoxy) is 6. The van der Waals surface area contributed by atoms with Gasteiger partial charge in [0.15, 0.2) is 17.9 Å². The highest BCUT2D eigenvalue weighted by molar-refractivity contribution is 7.91. The molecule has 4 aromatic rings. The lowest BCUT2D eigenvalue weighted by Gasteiger charge is -2.46. The van der Waals surface area contributed by atoms with Gasteiger partial charge < -0.3 is 48.4 Å². The second kappa shape index (κ2) is 37.3. The molecule has 2 aromatic heterocycles. The molecule has 7 heterocycles. The minimum atomic E-state index is -3.85. The van der Waals surface area contributed by atoms with E-state index in [2.05, 4.69) is 47.4 Å². The highest BCUT2D eigenvalue weighted by Gasteiger charge is 2.63. The zero-order chi connectivity index (χ0) is 82.7. The number of aromatic nitrogens is 2. The Kier molecular flexibility index (Phi) is 28.9. The van der Waals surface area contributed by atoms with Crippen LogP contribution in [-0.2, 0) is 53.6 Å². The zero-order valence-electron chi connectivity index (χ0n) is 68.8. The van der Waals surface area contributed by atoms with Crippen LogP contribution in [0.2, 0.25) is 0 Å². The topological polar surface area (TPSA) is 344 Å². The van der Waals surface area contributed by atoms with Crippen molar-refractivity contribution in [2.24, 2.45) is 38.5 Å². The van der Waals surface area contributed by atoms with Crippen molar-refractivity contribution in [3.05, 3.63) is 71.8 Å². The highest BCUT2D eigenvalue weighted by atomic mass is 32.2. The maximum absolute atomic E-state index is 14.7. The van der Waals surface area contributed by atoms with E-state index in [1.165, 1.54) is 29.1 Å². The van der Waals surface area contributed by atoms with Crippen molar-refractivity contribution in [3.63, 3.8) is 0 Å². The fourth-order valence-electron chi connectivity index (χ4n) is 17.1. The van der Waals surface area contributed by atoms with Crippen LogP contribution in [0.15, 0.2) is 65.7 Å². The normalized spacial score (nSPS) is 27.6. The summed E-state index contributed by atoms with van der Waals surface area (Å²) in [7, 11) is -4.52. The van der Waals surface area contributed by atoms with Crippen molar-refractivity contribution < 1.29 is 83.6 Å². The van der Waals surface area contributed by atoms with E-state index in [0.29, 0.717) is 140 Å². The molecule has 642 valence electrons. The minimum Gasteiger partial charge on any atom is -0.496 e. The number of aldehydes is 1. The summed E-state index contributed by atoms with van der Waals surface area (Å²) in [5.41, 5.74) is 1.07. The van der Waals surface area contributed by atoms with Crippen LogP contribution in [0.5, 0.6) is 34.8 Å². The van der Waals surface area contributed by atoms with Crippen LogP contribution >= 0.6 is 0 Å². The number of allylic oxidation sites excluding steroid dienone is 4. The third kappa shape index (κ3) is 21.5. The molecule has 0 radical (unpaired) electrons. The first kappa shape index (κ1) is 90.6. The number of likely N-dealkylation sites (tertiary alicyclic amines) is 1. The first-order valence-corrected chi connectivity index (χ1v) is 44.4. The van der Waals surface area contributed by atoms with Gasteiger partial charge in [-0.15, -0.1) is 0 Å². The van der Waals surface area contributed by atoms with E-state index in [9.17, 15) is 55.2 Å². The number of hydrogen-bond acceptors (Lipinski definition) is 21. The molecular weight excluding hydrogens is 1540 g/mol. The molecule has 27 nitrogen and oxygen atoms in total. The molecule has 0 unspecified atom stereocenters. The first-order valence-electron chi connectivity index (χ1n) is 41.3. The van der Waals surface area contributed by atoms with Crippen LogP contribution in [-0.4, -0.2) is 195 Å². The van der Waals surface area contributed by atoms with Crippen LogP contribution in [0, 0.1) is 47.3 Å². The number of urea groups is 1. The number of amides is 6. The number of ketones is 2. The molecule has 117 heavy (non-hydrogen) atoms. The van der Waals surface area contributed by atoms with Gasteiger partial charge in [-0.3, -0.25) is 48.0 Å². The number of aryl methyl sites for hydroxylation is 2. The molecular formula is C88H125N9O18S2. The van der Waals surface area contributed by atoms with Crippen molar-refractivity contribution in [2.45, 2.75) is 291 Å². The van der Waals surface area contributed by atoms with Crippen LogP contribution in [0.1, 0.15) is 229 Å². The molecule has 0 bridgehead atoms.